The van der Waals surface area contributed by atoms with Crippen LogP contribution in [0.1, 0.15) is 21.6 Å². The van der Waals surface area contributed by atoms with Crippen molar-refractivity contribution in [1.29, 1.82) is 0 Å². The lowest BCUT2D eigenvalue weighted by Gasteiger charge is -2.09. The molecule has 0 N–H and O–H groups in total. The van der Waals surface area contributed by atoms with Gasteiger partial charge >= 0.3 is 0 Å². The van der Waals surface area contributed by atoms with Crippen molar-refractivity contribution in [3.63, 3.8) is 0 Å². The van der Waals surface area contributed by atoms with Crippen LogP contribution in [0.5, 0.6) is 11.5 Å². The van der Waals surface area contributed by atoms with E-state index >= 15 is 0 Å². The van der Waals surface area contributed by atoms with Crippen LogP contribution in [0.2, 0.25) is 0 Å². The third kappa shape index (κ3) is 3.77. The van der Waals surface area contributed by atoms with E-state index < -0.39 is 0 Å². The second kappa shape index (κ2) is 7.49. The van der Waals surface area contributed by atoms with Gasteiger partial charge in [0.25, 0.3) is 5.91 Å². The number of rotatable bonds is 5. The Labute approximate surface area is 146 Å². The van der Waals surface area contributed by atoms with Gasteiger partial charge < -0.3 is 9.47 Å². The summed E-state index contributed by atoms with van der Waals surface area (Å²) in [4.78, 5) is 12.7. The highest BCUT2D eigenvalue weighted by Crippen LogP contribution is 2.25. The second-order valence-corrected chi connectivity index (χ2v) is 5.30. The fraction of sp³-hybridized carbons (Fsp3) is 0.100. The Morgan fingerprint density at radius 2 is 1.80 bits per heavy atom. The zero-order chi connectivity index (χ0) is 17.6. The third-order valence-electron chi connectivity index (χ3n) is 3.70. The maximum absolute atomic E-state index is 12.7. The van der Waals surface area contributed by atoms with Gasteiger partial charge in [-0.1, -0.05) is 36.4 Å². The quantitative estimate of drug-likeness (QED) is 0.713. The van der Waals surface area contributed by atoms with E-state index in [1.807, 2.05) is 42.5 Å². The van der Waals surface area contributed by atoms with Gasteiger partial charge in [-0.15, -0.1) is 0 Å². The van der Waals surface area contributed by atoms with E-state index in [2.05, 4.69) is 5.10 Å². The molecule has 3 aromatic rings. The molecule has 0 bridgehead atoms. The molecule has 5 heteroatoms. The lowest BCUT2D eigenvalue weighted by atomic mass is 10.2. The molecule has 0 spiro atoms. The molecule has 1 heterocycles. The van der Waals surface area contributed by atoms with E-state index in [1.54, 1.807) is 37.6 Å². The van der Waals surface area contributed by atoms with Crippen LogP contribution in [-0.2, 0) is 0 Å². The Kier molecular flexibility index (Phi) is 4.95. The third-order valence-corrected chi connectivity index (χ3v) is 3.70. The van der Waals surface area contributed by atoms with Crippen molar-refractivity contribution in [2.24, 2.45) is 0 Å². The highest BCUT2D eigenvalue weighted by atomic mass is 16.5. The Morgan fingerprint density at radius 3 is 2.52 bits per heavy atom. The molecule has 0 aliphatic carbocycles. The Morgan fingerprint density at radius 1 is 1.00 bits per heavy atom. The molecule has 0 saturated heterocycles. The van der Waals surface area contributed by atoms with Crippen molar-refractivity contribution >= 4 is 18.1 Å². The average molecular weight is 334 g/mol. The monoisotopic (exact) mass is 334 g/mol. The second-order valence-electron chi connectivity index (χ2n) is 5.30. The lowest BCUT2D eigenvalue weighted by Crippen LogP contribution is -2.14. The molecule has 2 aromatic carbocycles. The van der Waals surface area contributed by atoms with Crippen LogP contribution in [0, 0.1) is 0 Å². The van der Waals surface area contributed by atoms with Gasteiger partial charge in [-0.25, -0.2) is 4.68 Å². The smallest absolute Gasteiger partial charge is 0.281 e. The maximum atomic E-state index is 12.7. The van der Waals surface area contributed by atoms with E-state index in [-0.39, 0.29) is 5.91 Å². The van der Waals surface area contributed by atoms with Crippen LogP contribution >= 0.6 is 0 Å². The minimum atomic E-state index is -0.265. The number of hydrogen-bond acceptors (Lipinski definition) is 4. The zero-order valence-electron chi connectivity index (χ0n) is 14.0. The van der Waals surface area contributed by atoms with Gasteiger partial charge in [0.2, 0.25) is 0 Å². The first-order valence-corrected chi connectivity index (χ1v) is 7.77. The molecule has 0 fully saturated rings. The number of nitrogens with zero attached hydrogens (tertiary/aromatic N) is 2. The molecular weight excluding hydrogens is 316 g/mol. The van der Waals surface area contributed by atoms with Crippen LogP contribution in [-0.4, -0.2) is 29.9 Å². The molecular formula is C20H18N2O3. The number of carbonyl (C=O) groups is 1. The van der Waals surface area contributed by atoms with Crippen LogP contribution < -0.4 is 9.47 Å². The van der Waals surface area contributed by atoms with Crippen molar-refractivity contribution < 1.29 is 14.3 Å². The Hall–Kier alpha value is -3.34. The number of carbonyl (C=O) groups excluding carboxylic acids is 1. The molecule has 3 rings (SSSR count). The van der Waals surface area contributed by atoms with Gasteiger partial charge in [0.15, 0.2) is 0 Å². The predicted molar refractivity (Wildman–Crippen MR) is 96.9 cm³/mol. The summed E-state index contributed by atoms with van der Waals surface area (Å²) < 4.78 is 11.7. The predicted octanol–water partition coefficient (Wildman–Crippen LogP) is 3.76. The van der Waals surface area contributed by atoms with E-state index in [1.165, 1.54) is 11.8 Å². The van der Waals surface area contributed by atoms with Crippen LogP contribution in [0.4, 0.5) is 0 Å². The van der Waals surface area contributed by atoms with Crippen molar-refractivity contribution in [2.45, 2.75) is 0 Å². The molecule has 0 atom stereocenters. The molecule has 0 radical (unpaired) electrons. The number of aromatic nitrogens is 2. The molecule has 0 amide bonds. The first-order valence-electron chi connectivity index (χ1n) is 7.77. The molecule has 0 unspecified atom stereocenters. The van der Waals surface area contributed by atoms with Gasteiger partial charge in [-0.05, 0) is 29.8 Å². The molecule has 1 aromatic heterocycles. The maximum Gasteiger partial charge on any atom is 0.281 e. The van der Waals surface area contributed by atoms with Gasteiger partial charge in [-0.3, -0.25) is 4.79 Å². The standard InChI is InChI=1S/C20H18N2O3/c1-24-17-10-11-18(19(14-17)25-2)20(23)22-13-12-16(21-22)9-8-15-6-4-3-5-7-15/h3-14H,1-2H3. The molecule has 25 heavy (non-hydrogen) atoms. The van der Waals surface area contributed by atoms with Crippen molar-refractivity contribution in [1.82, 2.24) is 9.78 Å². The summed E-state index contributed by atoms with van der Waals surface area (Å²) in [6, 6.07) is 16.8. The van der Waals surface area contributed by atoms with Gasteiger partial charge in [-0.2, -0.15) is 5.10 Å². The summed E-state index contributed by atoms with van der Waals surface area (Å²) in [6.45, 7) is 0. The van der Waals surface area contributed by atoms with Crippen LogP contribution in [0.25, 0.3) is 12.2 Å². The molecule has 5 nitrogen and oxygen atoms in total. The largest absolute Gasteiger partial charge is 0.497 e. The van der Waals surface area contributed by atoms with Crippen LogP contribution in [0.15, 0.2) is 60.8 Å². The SMILES string of the molecule is COc1ccc(C(=O)n2ccc(C=Cc3ccccc3)n2)c(OC)c1. The summed E-state index contributed by atoms with van der Waals surface area (Å²) in [5, 5.41) is 4.31. The van der Waals surface area contributed by atoms with Gasteiger partial charge in [0.1, 0.15) is 11.5 Å². The topological polar surface area (TPSA) is 53.4 Å². The minimum Gasteiger partial charge on any atom is -0.497 e. The number of methoxy groups -OCH3 is 2. The van der Waals surface area contributed by atoms with Gasteiger partial charge in [0.05, 0.1) is 25.5 Å². The van der Waals surface area contributed by atoms with Crippen molar-refractivity contribution in [2.75, 3.05) is 14.2 Å². The molecule has 0 saturated carbocycles. The Balaban J connectivity index is 1.82. The van der Waals surface area contributed by atoms with Gasteiger partial charge in [0, 0.05) is 12.3 Å². The van der Waals surface area contributed by atoms with E-state index in [0.717, 1.165) is 5.56 Å². The minimum absolute atomic E-state index is 0.265. The van der Waals surface area contributed by atoms with Crippen LogP contribution in [0.3, 0.4) is 0 Å². The summed E-state index contributed by atoms with van der Waals surface area (Å²) in [5.41, 5.74) is 2.19. The van der Waals surface area contributed by atoms with E-state index in [0.29, 0.717) is 22.8 Å². The summed E-state index contributed by atoms with van der Waals surface area (Å²) in [6.07, 6.45) is 5.45. The molecule has 0 aliphatic rings. The normalized spacial score (nSPS) is 10.8. The summed E-state index contributed by atoms with van der Waals surface area (Å²) in [5.74, 6) is 0.806. The first kappa shape index (κ1) is 16.5. The van der Waals surface area contributed by atoms with Crippen molar-refractivity contribution in [3.8, 4) is 11.5 Å². The lowest BCUT2D eigenvalue weighted by molar-refractivity contribution is 0.0942. The summed E-state index contributed by atoms with van der Waals surface area (Å²) in [7, 11) is 3.08. The number of hydrogen-bond donors (Lipinski definition) is 0. The fourth-order valence-electron chi connectivity index (χ4n) is 2.38. The first-order chi connectivity index (χ1) is 12.2. The van der Waals surface area contributed by atoms with E-state index in [4.69, 9.17) is 9.47 Å². The Bertz CT molecular complexity index is 898. The van der Waals surface area contributed by atoms with E-state index in [9.17, 15) is 4.79 Å². The zero-order valence-corrected chi connectivity index (χ0v) is 14.0. The summed E-state index contributed by atoms with van der Waals surface area (Å²) >= 11 is 0. The molecule has 0 aliphatic heterocycles. The number of benzene rings is 2. The number of ether oxygens (including phenoxy) is 2. The molecule has 126 valence electrons. The highest BCUT2D eigenvalue weighted by Gasteiger charge is 2.16. The fourth-order valence-corrected chi connectivity index (χ4v) is 2.38. The highest BCUT2D eigenvalue weighted by molar-refractivity contribution is 5.98. The average Bonchev–Trinajstić information content (AvgIpc) is 3.15. The van der Waals surface area contributed by atoms with Crippen molar-refractivity contribution in [3.05, 3.63) is 77.6 Å².